The molecular weight excluding hydrogens is 416 g/mol. The normalized spacial score (nSPS) is 12.7. The third-order valence-electron chi connectivity index (χ3n) is 4.93. The minimum atomic E-state index is -1.47. The molecule has 2 unspecified atom stereocenters. The molecule has 0 aliphatic rings. The van der Waals surface area contributed by atoms with Gasteiger partial charge in [0.1, 0.15) is 12.0 Å². The number of carboxylic acids is 1. The molecule has 2 atom stereocenters. The summed E-state index contributed by atoms with van der Waals surface area (Å²) in [7, 11) is 0. The second kappa shape index (κ2) is 11.0. The molecule has 0 aliphatic carbocycles. The highest BCUT2D eigenvalue weighted by molar-refractivity contribution is 6.02. The number of ketones is 1. The standard InChI is InChI=1S/C23H26N2O7/c1-13(2)21(22(24)30)23(31)25-17(11-19(27)28)18(26)12-32-20(29)10-15-8-5-7-14-6-3-4-9-16(14)15/h3-9,13,17,21H,10-12H2,1-2H3,(H2,24,30)(H,25,31)(H,27,28). The summed E-state index contributed by atoms with van der Waals surface area (Å²) in [5.41, 5.74) is 5.95. The molecule has 0 saturated carbocycles. The van der Waals surface area contributed by atoms with E-state index in [2.05, 4.69) is 5.32 Å². The Morgan fingerprint density at radius 3 is 2.31 bits per heavy atom. The second-order valence-corrected chi connectivity index (χ2v) is 7.73. The number of amides is 2. The van der Waals surface area contributed by atoms with Crippen molar-refractivity contribution >= 4 is 40.3 Å². The fourth-order valence-corrected chi connectivity index (χ4v) is 3.35. The molecule has 0 radical (unpaired) electrons. The lowest BCUT2D eigenvalue weighted by Crippen LogP contribution is -2.50. The molecule has 0 heterocycles. The molecule has 2 rings (SSSR count). The number of carbonyl (C=O) groups excluding carboxylic acids is 4. The lowest BCUT2D eigenvalue weighted by molar-refractivity contribution is -0.148. The van der Waals surface area contributed by atoms with Crippen LogP contribution in [0.4, 0.5) is 0 Å². The summed E-state index contributed by atoms with van der Waals surface area (Å²) in [5.74, 6) is -6.24. The average Bonchev–Trinajstić information content (AvgIpc) is 2.71. The Kier molecular flexibility index (Phi) is 8.46. The number of hydrogen-bond acceptors (Lipinski definition) is 6. The molecule has 2 aromatic rings. The van der Waals surface area contributed by atoms with Crippen molar-refractivity contribution in [2.45, 2.75) is 32.7 Å². The molecule has 32 heavy (non-hydrogen) atoms. The molecule has 2 amide bonds. The van der Waals surface area contributed by atoms with E-state index in [0.717, 1.165) is 16.3 Å². The predicted octanol–water partition coefficient (Wildman–Crippen LogP) is 1.21. The molecule has 170 valence electrons. The Balaban J connectivity index is 2.03. The van der Waals surface area contributed by atoms with Gasteiger partial charge in [-0.1, -0.05) is 56.3 Å². The monoisotopic (exact) mass is 442 g/mol. The van der Waals surface area contributed by atoms with Crippen LogP contribution in [-0.2, 0) is 35.1 Å². The van der Waals surface area contributed by atoms with Crippen LogP contribution < -0.4 is 11.1 Å². The topological polar surface area (TPSA) is 153 Å². The van der Waals surface area contributed by atoms with E-state index in [4.69, 9.17) is 15.6 Å². The van der Waals surface area contributed by atoms with Crippen LogP contribution in [0.3, 0.4) is 0 Å². The lowest BCUT2D eigenvalue weighted by Gasteiger charge is -2.21. The second-order valence-electron chi connectivity index (χ2n) is 7.73. The Bertz CT molecular complexity index is 1030. The first-order valence-electron chi connectivity index (χ1n) is 10.1. The van der Waals surface area contributed by atoms with Gasteiger partial charge in [0.2, 0.25) is 11.8 Å². The molecule has 0 saturated heterocycles. The summed E-state index contributed by atoms with van der Waals surface area (Å²) in [6.45, 7) is 2.47. The number of Topliss-reactive ketones (excluding diaryl/α,β-unsaturated/α-hetero) is 1. The van der Waals surface area contributed by atoms with Gasteiger partial charge < -0.3 is 20.9 Å². The minimum Gasteiger partial charge on any atom is -0.481 e. The summed E-state index contributed by atoms with van der Waals surface area (Å²) in [4.78, 5) is 59.8. The molecule has 0 fully saturated rings. The predicted molar refractivity (Wildman–Crippen MR) is 115 cm³/mol. The number of ether oxygens (including phenoxy) is 1. The van der Waals surface area contributed by atoms with Gasteiger partial charge in [0.25, 0.3) is 0 Å². The minimum absolute atomic E-state index is 0.0817. The highest BCUT2D eigenvalue weighted by atomic mass is 16.5. The Hall–Kier alpha value is -3.75. The lowest BCUT2D eigenvalue weighted by atomic mass is 9.93. The quantitative estimate of drug-likeness (QED) is 0.349. The summed E-state index contributed by atoms with van der Waals surface area (Å²) in [5, 5.41) is 13.1. The van der Waals surface area contributed by atoms with Gasteiger partial charge in [-0.25, -0.2) is 0 Å². The fourth-order valence-electron chi connectivity index (χ4n) is 3.35. The van der Waals surface area contributed by atoms with Crippen molar-refractivity contribution in [3.05, 3.63) is 48.0 Å². The molecule has 0 aliphatic heterocycles. The zero-order valence-corrected chi connectivity index (χ0v) is 17.9. The van der Waals surface area contributed by atoms with Crippen LogP contribution in [-0.4, -0.2) is 47.3 Å². The van der Waals surface area contributed by atoms with Crippen molar-refractivity contribution in [3.8, 4) is 0 Å². The van der Waals surface area contributed by atoms with Crippen LogP contribution in [0, 0.1) is 11.8 Å². The number of carboxylic acid groups (broad SMARTS) is 1. The SMILES string of the molecule is CC(C)C(C(N)=O)C(=O)NC(CC(=O)O)C(=O)COC(=O)Cc1cccc2ccccc12. The highest BCUT2D eigenvalue weighted by Gasteiger charge is 2.32. The van der Waals surface area contributed by atoms with E-state index in [1.54, 1.807) is 26.0 Å². The van der Waals surface area contributed by atoms with Gasteiger partial charge in [0.05, 0.1) is 12.8 Å². The van der Waals surface area contributed by atoms with Gasteiger partial charge in [-0.15, -0.1) is 0 Å². The van der Waals surface area contributed by atoms with E-state index >= 15 is 0 Å². The Morgan fingerprint density at radius 2 is 1.69 bits per heavy atom. The first kappa shape index (κ1) is 24.5. The van der Waals surface area contributed by atoms with Crippen LogP contribution in [0.5, 0.6) is 0 Å². The highest BCUT2D eigenvalue weighted by Crippen LogP contribution is 2.19. The Labute approximate surface area is 184 Å². The van der Waals surface area contributed by atoms with Crippen molar-refractivity contribution in [1.29, 1.82) is 0 Å². The molecule has 9 nitrogen and oxygen atoms in total. The average molecular weight is 442 g/mol. The molecule has 4 N–H and O–H groups in total. The van der Waals surface area contributed by atoms with Crippen molar-refractivity contribution in [2.24, 2.45) is 17.6 Å². The number of primary amides is 1. The number of carbonyl (C=O) groups is 5. The molecule has 9 heteroatoms. The number of esters is 1. The number of hydrogen-bond donors (Lipinski definition) is 3. The molecule has 0 spiro atoms. The van der Waals surface area contributed by atoms with Crippen molar-refractivity contribution in [2.75, 3.05) is 6.61 Å². The van der Waals surface area contributed by atoms with Crippen molar-refractivity contribution < 1.29 is 33.8 Å². The van der Waals surface area contributed by atoms with Crippen molar-refractivity contribution in [1.82, 2.24) is 5.32 Å². The molecular formula is C23H26N2O7. The maximum atomic E-state index is 12.5. The van der Waals surface area contributed by atoms with E-state index in [1.165, 1.54) is 0 Å². The van der Waals surface area contributed by atoms with Crippen molar-refractivity contribution in [3.63, 3.8) is 0 Å². The van der Waals surface area contributed by atoms with E-state index < -0.39 is 60.4 Å². The van der Waals surface area contributed by atoms with Gasteiger partial charge in [0.15, 0.2) is 12.4 Å². The Morgan fingerprint density at radius 1 is 1.03 bits per heavy atom. The number of nitrogens with one attached hydrogen (secondary N) is 1. The first-order chi connectivity index (χ1) is 15.1. The van der Waals surface area contributed by atoms with E-state index in [0.29, 0.717) is 0 Å². The summed E-state index contributed by atoms with van der Waals surface area (Å²) < 4.78 is 5.03. The van der Waals surface area contributed by atoms with Crippen LogP contribution >= 0.6 is 0 Å². The van der Waals surface area contributed by atoms with Gasteiger partial charge >= 0.3 is 11.9 Å². The summed E-state index contributed by atoms with van der Waals surface area (Å²) in [6, 6.07) is 11.5. The van der Waals surface area contributed by atoms with E-state index in [1.807, 2.05) is 30.3 Å². The maximum absolute atomic E-state index is 12.5. The van der Waals surface area contributed by atoms with Gasteiger partial charge in [-0.3, -0.25) is 24.0 Å². The van der Waals surface area contributed by atoms with Crippen LogP contribution in [0.15, 0.2) is 42.5 Å². The zero-order chi connectivity index (χ0) is 23.8. The third-order valence-corrected chi connectivity index (χ3v) is 4.93. The largest absolute Gasteiger partial charge is 0.481 e. The molecule has 2 aromatic carbocycles. The smallest absolute Gasteiger partial charge is 0.310 e. The summed E-state index contributed by atoms with van der Waals surface area (Å²) >= 11 is 0. The van der Waals surface area contributed by atoms with E-state index in [9.17, 15) is 24.0 Å². The van der Waals surface area contributed by atoms with Crippen LogP contribution in [0.1, 0.15) is 25.8 Å². The number of nitrogens with two attached hydrogens (primary N) is 1. The number of benzene rings is 2. The van der Waals surface area contributed by atoms with E-state index in [-0.39, 0.29) is 6.42 Å². The zero-order valence-electron chi connectivity index (χ0n) is 17.9. The van der Waals surface area contributed by atoms with Gasteiger partial charge in [-0.2, -0.15) is 0 Å². The fraction of sp³-hybridized carbons (Fsp3) is 0.348. The molecule has 0 bridgehead atoms. The molecule has 0 aromatic heterocycles. The van der Waals surface area contributed by atoms with Gasteiger partial charge in [0, 0.05) is 0 Å². The van der Waals surface area contributed by atoms with Crippen LogP contribution in [0.25, 0.3) is 10.8 Å². The van der Waals surface area contributed by atoms with Gasteiger partial charge in [-0.05, 0) is 22.3 Å². The third kappa shape index (κ3) is 6.63. The maximum Gasteiger partial charge on any atom is 0.310 e. The van der Waals surface area contributed by atoms with Crippen LogP contribution in [0.2, 0.25) is 0 Å². The number of fused-ring (bicyclic) bond motifs is 1. The number of aliphatic carboxylic acids is 1. The number of rotatable bonds is 11. The summed E-state index contributed by atoms with van der Waals surface area (Å²) in [6.07, 6.45) is -0.809. The first-order valence-corrected chi connectivity index (χ1v) is 10.1.